The first-order chi connectivity index (χ1) is 12.2. The molecule has 9 nitrogen and oxygen atoms in total. The molecule has 0 aliphatic carbocycles. The number of hydrogen-bond donors (Lipinski definition) is 2. The highest BCUT2D eigenvalue weighted by Crippen LogP contribution is 2.36. The van der Waals surface area contributed by atoms with Gasteiger partial charge in [0.1, 0.15) is 10.7 Å². The van der Waals surface area contributed by atoms with Crippen molar-refractivity contribution < 1.29 is 33.1 Å². The molecule has 2 rings (SSSR count). The average Bonchev–Trinajstić information content (AvgIpc) is 2.90. The fraction of sp³-hybridized carbons (Fsp3) is 0.286. The topological polar surface area (TPSA) is 122 Å². The van der Waals surface area contributed by atoms with Crippen LogP contribution in [0, 0.1) is 21.7 Å². The van der Waals surface area contributed by atoms with E-state index >= 15 is 0 Å². The minimum atomic E-state index is -1.50. The van der Waals surface area contributed by atoms with Crippen molar-refractivity contribution in [3.05, 3.63) is 44.1 Å². The predicted molar refractivity (Wildman–Crippen MR) is 84.4 cm³/mol. The van der Waals surface area contributed by atoms with E-state index in [4.69, 9.17) is 16.7 Å². The van der Waals surface area contributed by atoms with E-state index in [9.17, 15) is 28.5 Å². The van der Waals surface area contributed by atoms with Crippen molar-refractivity contribution in [2.45, 2.75) is 0 Å². The van der Waals surface area contributed by atoms with Crippen LogP contribution in [0.5, 0.6) is 0 Å². The molecule has 26 heavy (non-hydrogen) atoms. The van der Waals surface area contributed by atoms with E-state index in [-0.39, 0.29) is 18.7 Å². The summed E-state index contributed by atoms with van der Waals surface area (Å²) in [6.07, 6.45) is 0. The number of nitro benzene ring substituents is 1. The molecule has 1 aliphatic rings. The van der Waals surface area contributed by atoms with Crippen molar-refractivity contribution >= 4 is 34.9 Å². The lowest BCUT2D eigenvalue weighted by atomic mass is 10.2. The fourth-order valence-corrected chi connectivity index (χ4v) is 2.47. The van der Waals surface area contributed by atoms with Crippen LogP contribution in [-0.2, 0) is 14.3 Å². The molecule has 140 valence electrons. The molecule has 0 unspecified atom stereocenters. The molecule has 0 saturated heterocycles. The summed E-state index contributed by atoms with van der Waals surface area (Å²) in [5.41, 5.74) is -2.62. The van der Waals surface area contributed by atoms with Crippen LogP contribution < -0.4 is 5.32 Å². The monoisotopic (exact) mass is 391 g/mol. The van der Waals surface area contributed by atoms with Gasteiger partial charge in [0.05, 0.1) is 36.8 Å². The van der Waals surface area contributed by atoms with Gasteiger partial charge in [-0.25, -0.2) is 13.6 Å². The first-order valence-electron chi connectivity index (χ1n) is 7.03. The van der Waals surface area contributed by atoms with Gasteiger partial charge in [0.2, 0.25) is 0 Å². The van der Waals surface area contributed by atoms with Crippen LogP contribution >= 0.6 is 11.6 Å². The molecule has 12 heteroatoms. The van der Waals surface area contributed by atoms with Gasteiger partial charge in [-0.3, -0.25) is 14.9 Å². The number of anilines is 1. The molecule has 0 spiro atoms. The van der Waals surface area contributed by atoms with Gasteiger partial charge in [-0.2, -0.15) is 0 Å². The van der Waals surface area contributed by atoms with Crippen molar-refractivity contribution in [1.29, 1.82) is 0 Å². The lowest BCUT2D eigenvalue weighted by Gasteiger charge is -2.15. The van der Waals surface area contributed by atoms with E-state index < -0.39 is 57.1 Å². The molecule has 1 aliphatic heterocycles. The second-order valence-electron chi connectivity index (χ2n) is 5.06. The van der Waals surface area contributed by atoms with Crippen LogP contribution in [-0.4, -0.2) is 53.6 Å². The minimum absolute atomic E-state index is 0.140. The number of amides is 1. The van der Waals surface area contributed by atoms with Crippen LogP contribution in [0.2, 0.25) is 5.02 Å². The molecule has 0 saturated carbocycles. The Hall–Kier alpha value is -2.79. The Balaban J connectivity index is 2.57. The second-order valence-corrected chi connectivity index (χ2v) is 5.44. The standard InChI is InChI=1S/C14H12ClF2N3O6/c1-26-14(23)6-5-19(2-3-21)13(22)11(6)18-12-8(20(24)25)4-7(16)9(15)10(12)17/h4,18,21H,2-3,5H2,1H3. The third-order valence-electron chi connectivity index (χ3n) is 3.54. The lowest BCUT2D eigenvalue weighted by Crippen LogP contribution is -2.31. The molecule has 1 aromatic rings. The van der Waals surface area contributed by atoms with Crippen molar-refractivity contribution in [3.8, 4) is 0 Å². The Kier molecular flexibility index (Phi) is 5.73. The largest absolute Gasteiger partial charge is 0.466 e. The summed E-state index contributed by atoms with van der Waals surface area (Å²) in [7, 11) is 1.05. The molecule has 1 heterocycles. The van der Waals surface area contributed by atoms with Crippen LogP contribution in [0.25, 0.3) is 0 Å². The SMILES string of the molecule is COC(=O)C1=C(Nc2c([N+](=O)[O-])cc(F)c(Cl)c2F)C(=O)N(CCO)C1. The van der Waals surface area contributed by atoms with Gasteiger partial charge in [0.25, 0.3) is 11.6 Å². The van der Waals surface area contributed by atoms with Gasteiger partial charge < -0.3 is 20.1 Å². The number of ether oxygens (including phenoxy) is 1. The smallest absolute Gasteiger partial charge is 0.337 e. The molecule has 0 radical (unpaired) electrons. The summed E-state index contributed by atoms with van der Waals surface area (Å²) in [4.78, 5) is 35.3. The normalized spacial score (nSPS) is 14.0. The number of aliphatic hydroxyl groups is 1. The van der Waals surface area contributed by atoms with Crippen LogP contribution in [0.3, 0.4) is 0 Å². The molecule has 0 aromatic heterocycles. The Morgan fingerprint density at radius 2 is 2.19 bits per heavy atom. The molecular formula is C14H12ClF2N3O6. The number of nitro groups is 1. The number of carbonyl (C=O) groups excluding carboxylic acids is 2. The number of hydrogen-bond acceptors (Lipinski definition) is 7. The van der Waals surface area contributed by atoms with E-state index in [1.165, 1.54) is 0 Å². The fourth-order valence-electron chi connectivity index (χ4n) is 2.32. The number of aliphatic hydroxyl groups excluding tert-OH is 1. The molecule has 0 bridgehead atoms. The molecule has 1 aromatic carbocycles. The predicted octanol–water partition coefficient (Wildman–Crippen LogP) is 1.20. The van der Waals surface area contributed by atoms with Crippen molar-refractivity contribution in [3.63, 3.8) is 0 Å². The number of β-amino-alcohol motifs (C(OH)–C–C–N with tert-alkyl or cyclic N) is 1. The number of esters is 1. The van der Waals surface area contributed by atoms with E-state index in [1.807, 2.05) is 0 Å². The van der Waals surface area contributed by atoms with Crippen LogP contribution in [0.1, 0.15) is 0 Å². The number of carbonyl (C=O) groups is 2. The first kappa shape index (κ1) is 19.5. The molecule has 0 fully saturated rings. The molecule has 0 atom stereocenters. The Morgan fingerprint density at radius 1 is 1.54 bits per heavy atom. The zero-order valence-corrected chi connectivity index (χ0v) is 14.0. The average molecular weight is 392 g/mol. The summed E-state index contributed by atoms with van der Waals surface area (Å²) in [5.74, 6) is -4.61. The van der Waals surface area contributed by atoms with Gasteiger partial charge in [-0.05, 0) is 0 Å². The lowest BCUT2D eigenvalue weighted by molar-refractivity contribution is -0.384. The summed E-state index contributed by atoms with van der Waals surface area (Å²) in [6, 6.07) is 0.386. The number of rotatable bonds is 6. The third kappa shape index (κ3) is 3.44. The maximum Gasteiger partial charge on any atom is 0.337 e. The van der Waals surface area contributed by atoms with E-state index in [0.717, 1.165) is 12.0 Å². The molecule has 2 N–H and O–H groups in total. The Labute approximate surface area is 149 Å². The summed E-state index contributed by atoms with van der Waals surface area (Å²) >= 11 is 5.44. The highest BCUT2D eigenvalue weighted by Gasteiger charge is 2.36. The number of methoxy groups -OCH3 is 1. The molecule has 1 amide bonds. The third-order valence-corrected chi connectivity index (χ3v) is 3.89. The maximum absolute atomic E-state index is 14.3. The molecular weight excluding hydrogens is 380 g/mol. The number of nitrogens with one attached hydrogen (secondary N) is 1. The first-order valence-corrected chi connectivity index (χ1v) is 7.41. The quantitative estimate of drug-likeness (QED) is 0.323. The highest BCUT2D eigenvalue weighted by molar-refractivity contribution is 6.31. The van der Waals surface area contributed by atoms with Gasteiger partial charge in [-0.15, -0.1) is 0 Å². The Morgan fingerprint density at radius 3 is 2.73 bits per heavy atom. The Bertz CT molecular complexity index is 829. The van der Waals surface area contributed by atoms with Crippen molar-refractivity contribution in [1.82, 2.24) is 4.90 Å². The van der Waals surface area contributed by atoms with E-state index in [1.54, 1.807) is 0 Å². The summed E-state index contributed by atoms with van der Waals surface area (Å²) in [6.45, 7) is -0.817. The van der Waals surface area contributed by atoms with Gasteiger partial charge in [-0.1, -0.05) is 11.6 Å². The highest BCUT2D eigenvalue weighted by atomic mass is 35.5. The van der Waals surface area contributed by atoms with Crippen LogP contribution in [0.15, 0.2) is 17.3 Å². The zero-order chi connectivity index (χ0) is 19.6. The van der Waals surface area contributed by atoms with E-state index in [0.29, 0.717) is 6.07 Å². The number of benzene rings is 1. The van der Waals surface area contributed by atoms with Crippen molar-refractivity contribution in [2.75, 3.05) is 32.1 Å². The summed E-state index contributed by atoms with van der Waals surface area (Å²) in [5, 5.41) is 21.2. The second kappa shape index (κ2) is 7.62. The van der Waals surface area contributed by atoms with Gasteiger partial charge >= 0.3 is 5.97 Å². The number of halogens is 3. The van der Waals surface area contributed by atoms with E-state index in [2.05, 4.69) is 10.1 Å². The zero-order valence-electron chi connectivity index (χ0n) is 13.2. The van der Waals surface area contributed by atoms with Gasteiger partial charge in [0.15, 0.2) is 17.3 Å². The van der Waals surface area contributed by atoms with Crippen LogP contribution in [0.4, 0.5) is 20.2 Å². The van der Waals surface area contributed by atoms with Crippen molar-refractivity contribution in [2.24, 2.45) is 0 Å². The maximum atomic E-state index is 14.3. The number of nitrogens with zero attached hydrogens (tertiary/aromatic N) is 2. The minimum Gasteiger partial charge on any atom is -0.466 e. The van der Waals surface area contributed by atoms with Gasteiger partial charge in [0, 0.05) is 6.54 Å². The summed E-state index contributed by atoms with van der Waals surface area (Å²) < 4.78 is 32.3.